The predicted molar refractivity (Wildman–Crippen MR) is 112 cm³/mol. The average Bonchev–Trinajstić information content (AvgIpc) is 2.68. The summed E-state index contributed by atoms with van der Waals surface area (Å²) >= 11 is 1.65. The van der Waals surface area contributed by atoms with Crippen molar-refractivity contribution < 1.29 is 14.0 Å². The molecule has 150 valence electrons. The van der Waals surface area contributed by atoms with Crippen LogP contribution in [-0.4, -0.2) is 35.6 Å². The number of carbonyl (C=O) groups excluding carboxylic acids is 2. The first-order valence-electron chi connectivity index (χ1n) is 9.38. The predicted octanol–water partition coefficient (Wildman–Crippen LogP) is 4.09. The fraction of sp³-hybridized carbons (Fsp3) is 0.364. The number of hydrogen-bond acceptors (Lipinski definition) is 3. The van der Waals surface area contributed by atoms with E-state index in [4.69, 9.17) is 0 Å². The summed E-state index contributed by atoms with van der Waals surface area (Å²) in [7, 11) is 0. The van der Waals surface area contributed by atoms with Gasteiger partial charge in [-0.2, -0.15) is 0 Å². The second-order valence-corrected chi connectivity index (χ2v) is 7.82. The van der Waals surface area contributed by atoms with Crippen molar-refractivity contribution in [2.45, 2.75) is 38.6 Å². The second-order valence-electron chi connectivity index (χ2n) is 6.66. The van der Waals surface area contributed by atoms with E-state index >= 15 is 0 Å². The van der Waals surface area contributed by atoms with Crippen molar-refractivity contribution in [3.63, 3.8) is 0 Å². The Balaban J connectivity index is 1.75. The van der Waals surface area contributed by atoms with E-state index in [0.717, 1.165) is 10.5 Å². The monoisotopic (exact) mass is 402 g/mol. The molecule has 2 aromatic carbocycles. The highest BCUT2D eigenvalue weighted by Crippen LogP contribution is 2.22. The van der Waals surface area contributed by atoms with Crippen LogP contribution < -0.4 is 5.32 Å². The van der Waals surface area contributed by atoms with Crippen LogP contribution in [0, 0.1) is 19.7 Å². The normalized spacial score (nSPS) is 10.6. The maximum absolute atomic E-state index is 12.9. The fourth-order valence-corrected chi connectivity index (χ4v) is 3.56. The molecule has 0 heterocycles. The SMILES string of the molecule is CCN(CC(=O)NCc1ccc(F)cc1)C(=O)CCSc1ccc(C)c(C)c1. The van der Waals surface area contributed by atoms with Crippen molar-refractivity contribution in [3.05, 3.63) is 65.0 Å². The van der Waals surface area contributed by atoms with E-state index in [1.165, 1.54) is 23.3 Å². The molecule has 2 aromatic rings. The third-order valence-electron chi connectivity index (χ3n) is 4.53. The van der Waals surface area contributed by atoms with E-state index in [1.54, 1.807) is 28.8 Å². The molecule has 0 aromatic heterocycles. The van der Waals surface area contributed by atoms with Gasteiger partial charge in [0.1, 0.15) is 5.82 Å². The number of amides is 2. The van der Waals surface area contributed by atoms with Crippen LogP contribution in [0.1, 0.15) is 30.0 Å². The van der Waals surface area contributed by atoms with Crippen LogP contribution >= 0.6 is 11.8 Å². The van der Waals surface area contributed by atoms with Crippen LogP contribution in [0.25, 0.3) is 0 Å². The first-order chi connectivity index (χ1) is 13.4. The van der Waals surface area contributed by atoms with Gasteiger partial charge in [0, 0.05) is 30.2 Å². The molecule has 0 atom stereocenters. The molecular formula is C22H27FN2O2S. The Morgan fingerprint density at radius 3 is 2.43 bits per heavy atom. The number of halogens is 1. The Labute approximate surface area is 170 Å². The Morgan fingerprint density at radius 1 is 1.07 bits per heavy atom. The number of nitrogens with zero attached hydrogens (tertiary/aromatic N) is 1. The largest absolute Gasteiger partial charge is 0.350 e. The van der Waals surface area contributed by atoms with Gasteiger partial charge in [-0.3, -0.25) is 9.59 Å². The van der Waals surface area contributed by atoms with Gasteiger partial charge in [0.05, 0.1) is 6.54 Å². The number of nitrogens with one attached hydrogen (secondary N) is 1. The van der Waals surface area contributed by atoms with Gasteiger partial charge in [0.25, 0.3) is 0 Å². The Kier molecular flexibility index (Phi) is 8.51. The van der Waals surface area contributed by atoms with Crippen LogP contribution in [0.2, 0.25) is 0 Å². The van der Waals surface area contributed by atoms with E-state index in [9.17, 15) is 14.0 Å². The van der Waals surface area contributed by atoms with Gasteiger partial charge in [0.2, 0.25) is 11.8 Å². The van der Waals surface area contributed by atoms with Crippen LogP contribution in [-0.2, 0) is 16.1 Å². The molecule has 0 saturated carbocycles. The zero-order valence-corrected chi connectivity index (χ0v) is 17.4. The van der Waals surface area contributed by atoms with Gasteiger partial charge >= 0.3 is 0 Å². The number of likely N-dealkylation sites (N-methyl/N-ethyl adjacent to an activating group) is 1. The minimum absolute atomic E-state index is 0.0317. The van der Waals surface area contributed by atoms with Crippen LogP contribution in [0.3, 0.4) is 0 Å². The van der Waals surface area contributed by atoms with Crippen LogP contribution in [0.5, 0.6) is 0 Å². The second kappa shape index (κ2) is 10.9. The molecule has 0 aliphatic heterocycles. The van der Waals surface area contributed by atoms with Crippen molar-refractivity contribution >= 4 is 23.6 Å². The molecule has 0 saturated heterocycles. The van der Waals surface area contributed by atoms with Gasteiger partial charge in [-0.15, -0.1) is 11.8 Å². The first-order valence-corrected chi connectivity index (χ1v) is 10.4. The lowest BCUT2D eigenvalue weighted by atomic mass is 10.1. The quantitative estimate of drug-likeness (QED) is 0.643. The van der Waals surface area contributed by atoms with E-state index in [2.05, 4.69) is 37.4 Å². The van der Waals surface area contributed by atoms with Gasteiger partial charge in [-0.25, -0.2) is 4.39 Å². The summed E-state index contributed by atoms with van der Waals surface area (Å²) in [5, 5.41) is 2.77. The standard InChI is InChI=1S/C22H27FN2O2S/c1-4-25(15-21(26)24-14-18-6-8-19(23)9-7-18)22(27)11-12-28-20-10-5-16(2)17(3)13-20/h5-10,13H,4,11-12,14-15H2,1-3H3,(H,24,26). The molecule has 6 heteroatoms. The maximum Gasteiger partial charge on any atom is 0.239 e. The molecule has 0 spiro atoms. The smallest absolute Gasteiger partial charge is 0.239 e. The summed E-state index contributed by atoms with van der Waals surface area (Å²) in [6.07, 6.45) is 0.386. The van der Waals surface area contributed by atoms with Crippen molar-refractivity contribution in [2.75, 3.05) is 18.8 Å². The lowest BCUT2D eigenvalue weighted by Gasteiger charge is -2.20. The lowest BCUT2D eigenvalue weighted by molar-refractivity contribution is -0.135. The molecular weight excluding hydrogens is 375 g/mol. The summed E-state index contributed by atoms with van der Waals surface area (Å²) < 4.78 is 12.9. The molecule has 0 bridgehead atoms. The molecule has 1 N–H and O–H groups in total. The van der Waals surface area contributed by atoms with E-state index < -0.39 is 0 Å². The molecule has 0 fully saturated rings. The zero-order chi connectivity index (χ0) is 20.5. The Hall–Kier alpha value is -2.34. The molecule has 0 aliphatic rings. The summed E-state index contributed by atoms with van der Waals surface area (Å²) in [4.78, 5) is 27.3. The topological polar surface area (TPSA) is 49.4 Å². The van der Waals surface area contributed by atoms with Crippen molar-refractivity contribution in [1.29, 1.82) is 0 Å². The third-order valence-corrected chi connectivity index (χ3v) is 5.53. The minimum Gasteiger partial charge on any atom is -0.350 e. The fourth-order valence-electron chi connectivity index (χ4n) is 2.63. The number of thioether (sulfide) groups is 1. The van der Waals surface area contributed by atoms with Gasteiger partial charge in [-0.1, -0.05) is 18.2 Å². The van der Waals surface area contributed by atoms with Crippen LogP contribution in [0.15, 0.2) is 47.4 Å². The summed E-state index contributed by atoms with van der Waals surface area (Å²) in [5.41, 5.74) is 3.31. The van der Waals surface area contributed by atoms with Gasteiger partial charge in [-0.05, 0) is 61.7 Å². The zero-order valence-electron chi connectivity index (χ0n) is 16.6. The first kappa shape index (κ1) is 22.0. The van der Waals surface area contributed by atoms with Gasteiger partial charge < -0.3 is 10.2 Å². The number of aryl methyl sites for hydroxylation is 2. The minimum atomic E-state index is -0.309. The number of carbonyl (C=O) groups is 2. The Morgan fingerprint density at radius 2 is 1.79 bits per heavy atom. The van der Waals surface area contributed by atoms with E-state index in [0.29, 0.717) is 25.3 Å². The summed E-state index contributed by atoms with van der Waals surface area (Å²) in [6, 6.07) is 12.3. The molecule has 0 unspecified atom stereocenters. The maximum atomic E-state index is 12.9. The lowest BCUT2D eigenvalue weighted by Crippen LogP contribution is -2.40. The molecule has 2 amide bonds. The third kappa shape index (κ3) is 7.00. The Bertz CT molecular complexity index is 809. The number of rotatable bonds is 9. The summed E-state index contributed by atoms with van der Waals surface area (Å²) in [5.74, 6) is 0.114. The number of hydrogen-bond donors (Lipinski definition) is 1. The van der Waals surface area contributed by atoms with Crippen molar-refractivity contribution in [2.24, 2.45) is 0 Å². The summed E-state index contributed by atoms with van der Waals surface area (Å²) in [6.45, 7) is 6.85. The molecule has 4 nitrogen and oxygen atoms in total. The van der Waals surface area contributed by atoms with Crippen molar-refractivity contribution in [1.82, 2.24) is 10.2 Å². The number of benzene rings is 2. The van der Waals surface area contributed by atoms with Gasteiger partial charge in [0.15, 0.2) is 0 Å². The highest BCUT2D eigenvalue weighted by atomic mass is 32.2. The average molecular weight is 403 g/mol. The molecule has 2 rings (SSSR count). The van der Waals surface area contributed by atoms with E-state index in [1.807, 2.05) is 6.92 Å². The van der Waals surface area contributed by atoms with E-state index in [-0.39, 0.29) is 24.2 Å². The molecule has 0 radical (unpaired) electrons. The molecule has 0 aliphatic carbocycles. The van der Waals surface area contributed by atoms with Crippen LogP contribution in [0.4, 0.5) is 4.39 Å². The highest BCUT2D eigenvalue weighted by Gasteiger charge is 2.15. The molecule has 28 heavy (non-hydrogen) atoms. The van der Waals surface area contributed by atoms with Crippen molar-refractivity contribution in [3.8, 4) is 0 Å². The highest BCUT2D eigenvalue weighted by molar-refractivity contribution is 7.99.